The van der Waals surface area contributed by atoms with E-state index in [1.165, 1.54) is 4.90 Å². The molecule has 0 aromatic heterocycles. The van der Waals surface area contributed by atoms with Gasteiger partial charge in [0.05, 0.1) is 0 Å². The van der Waals surface area contributed by atoms with Crippen LogP contribution in [-0.4, -0.2) is 71.7 Å². The fraction of sp³-hybridized carbons (Fsp3) is 0.656. The molecule has 5 atom stereocenters. The number of likely N-dealkylation sites (N-methyl/N-ethyl adjacent to an activating group) is 1. The molecular weight excluding hydrogens is 534 g/mol. The van der Waals surface area contributed by atoms with E-state index >= 15 is 0 Å². The van der Waals surface area contributed by atoms with Crippen molar-refractivity contribution in [3.05, 3.63) is 35.9 Å². The van der Waals surface area contributed by atoms with Crippen molar-refractivity contribution >= 4 is 29.5 Å². The van der Waals surface area contributed by atoms with Gasteiger partial charge in [0.2, 0.25) is 29.5 Å². The second-order valence-electron chi connectivity index (χ2n) is 13.0. The SMILES string of the molecule is CC(C)C[C@@H]1NC(=O)[C@H](C(C)C)NC(=O)[C@H](Cc2ccccc2)NC(=O)[C@H](CC(C)C)N(C)C(=O)[C@H](C(C)C)NC1=O. The Balaban J connectivity index is 2.64. The predicted molar refractivity (Wildman–Crippen MR) is 163 cm³/mol. The van der Waals surface area contributed by atoms with Crippen molar-refractivity contribution in [3.8, 4) is 0 Å². The van der Waals surface area contributed by atoms with Crippen molar-refractivity contribution in [1.29, 1.82) is 0 Å². The monoisotopic (exact) mass is 585 g/mol. The van der Waals surface area contributed by atoms with Crippen LogP contribution in [0.4, 0.5) is 0 Å². The Morgan fingerprint density at radius 3 is 1.64 bits per heavy atom. The van der Waals surface area contributed by atoms with Crippen LogP contribution in [0.15, 0.2) is 30.3 Å². The smallest absolute Gasteiger partial charge is 0.245 e. The van der Waals surface area contributed by atoms with Gasteiger partial charge in [0.15, 0.2) is 0 Å². The lowest BCUT2D eigenvalue weighted by Gasteiger charge is -2.34. The number of hydrogen-bond acceptors (Lipinski definition) is 5. The Kier molecular flexibility index (Phi) is 13.0. The number of carbonyl (C=O) groups excluding carboxylic acids is 5. The first-order chi connectivity index (χ1) is 19.6. The zero-order valence-electron chi connectivity index (χ0n) is 26.7. The number of nitrogens with one attached hydrogen (secondary N) is 4. The molecule has 0 bridgehead atoms. The summed E-state index contributed by atoms with van der Waals surface area (Å²) in [6.45, 7) is 15.1. The Morgan fingerprint density at radius 1 is 0.619 bits per heavy atom. The minimum Gasteiger partial charge on any atom is -0.343 e. The lowest BCUT2D eigenvalue weighted by Crippen LogP contribution is -2.59. The summed E-state index contributed by atoms with van der Waals surface area (Å²) in [6.07, 6.45) is 0.899. The maximum atomic E-state index is 13.8. The number of amides is 5. The van der Waals surface area contributed by atoms with E-state index in [2.05, 4.69) is 21.3 Å². The summed E-state index contributed by atoms with van der Waals surface area (Å²) < 4.78 is 0. The van der Waals surface area contributed by atoms with E-state index in [0.717, 1.165) is 5.56 Å². The second-order valence-corrected chi connectivity index (χ2v) is 13.0. The third-order valence-electron chi connectivity index (χ3n) is 7.55. The van der Waals surface area contributed by atoms with Crippen molar-refractivity contribution in [2.75, 3.05) is 7.05 Å². The molecule has 5 amide bonds. The molecule has 1 fully saturated rings. The predicted octanol–water partition coefficient (Wildman–Crippen LogP) is 2.41. The molecule has 0 aliphatic carbocycles. The molecule has 0 spiro atoms. The summed E-state index contributed by atoms with van der Waals surface area (Å²) in [5.41, 5.74) is 0.831. The van der Waals surface area contributed by atoms with Gasteiger partial charge in [0, 0.05) is 13.5 Å². The summed E-state index contributed by atoms with van der Waals surface area (Å²) in [4.78, 5) is 69.9. The topological polar surface area (TPSA) is 137 Å². The van der Waals surface area contributed by atoms with Gasteiger partial charge in [-0.2, -0.15) is 0 Å². The summed E-state index contributed by atoms with van der Waals surface area (Å²) in [7, 11) is 1.56. The lowest BCUT2D eigenvalue weighted by molar-refractivity contribution is -0.144. The molecule has 1 aliphatic rings. The molecule has 4 N–H and O–H groups in total. The molecule has 1 heterocycles. The Bertz CT molecular complexity index is 1090. The van der Waals surface area contributed by atoms with Crippen molar-refractivity contribution in [2.24, 2.45) is 23.7 Å². The summed E-state index contributed by atoms with van der Waals surface area (Å²) in [6, 6.07) is 4.66. The van der Waals surface area contributed by atoms with E-state index in [4.69, 9.17) is 0 Å². The number of rotatable bonds is 8. The van der Waals surface area contributed by atoms with Crippen LogP contribution < -0.4 is 21.3 Å². The molecule has 234 valence electrons. The minimum absolute atomic E-state index is 0.0640. The van der Waals surface area contributed by atoms with Crippen LogP contribution in [0, 0.1) is 23.7 Å². The van der Waals surface area contributed by atoms with E-state index in [9.17, 15) is 24.0 Å². The van der Waals surface area contributed by atoms with Crippen LogP contribution in [0.1, 0.15) is 73.8 Å². The first-order valence-corrected chi connectivity index (χ1v) is 15.1. The summed E-state index contributed by atoms with van der Waals surface area (Å²) >= 11 is 0. The van der Waals surface area contributed by atoms with Gasteiger partial charge >= 0.3 is 0 Å². The normalized spacial score (nSPS) is 25.2. The van der Waals surface area contributed by atoms with Crippen molar-refractivity contribution in [1.82, 2.24) is 26.2 Å². The van der Waals surface area contributed by atoms with Crippen LogP contribution in [0.5, 0.6) is 0 Å². The highest BCUT2D eigenvalue weighted by molar-refractivity contribution is 5.98. The molecule has 10 heteroatoms. The van der Waals surface area contributed by atoms with Gasteiger partial charge in [-0.3, -0.25) is 24.0 Å². The van der Waals surface area contributed by atoms with Crippen LogP contribution in [-0.2, 0) is 30.4 Å². The van der Waals surface area contributed by atoms with Crippen LogP contribution in [0.25, 0.3) is 0 Å². The van der Waals surface area contributed by atoms with Crippen molar-refractivity contribution in [2.45, 2.75) is 105 Å². The third-order valence-corrected chi connectivity index (χ3v) is 7.55. The standard InChI is InChI=1S/C32H51N5O5/c1-18(2)15-23-28(38)36-27(21(7)8)32(42)37(9)25(16-19(3)4)30(40)33-24(17-22-13-11-10-12-14-22)29(39)35-26(20(5)6)31(41)34-23/h10-14,18-21,23-27H,15-17H2,1-9H3,(H,33,40)(H,34,41)(H,35,39)(H,36,38)/t23-,24-,25-,26-,27-/m0/s1. The fourth-order valence-electron chi connectivity index (χ4n) is 5.11. The van der Waals surface area contributed by atoms with Crippen molar-refractivity contribution < 1.29 is 24.0 Å². The van der Waals surface area contributed by atoms with Crippen LogP contribution >= 0.6 is 0 Å². The largest absolute Gasteiger partial charge is 0.343 e. The minimum atomic E-state index is -0.996. The highest BCUT2D eigenvalue weighted by Crippen LogP contribution is 2.17. The molecule has 10 nitrogen and oxygen atoms in total. The molecular formula is C32H51N5O5. The first-order valence-electron chi connectivity index (χ1n) is 15.1. The molecule has 0 saturated carbocycles. The maximum absolute atomic E-state index is 13.8. The zero-order valence-corrected chi connectivity index (χ0v) is 26.7. The van der Waals surface area contributed by atoms with E-state index in [1.54, 1.807) is 7.05 Å². The summed E-state index contributed by atoms with van der Waals surface area (Å²) in [5, 5.41) is 11.4. The molecule has 1 aliphatic heterocycles. The highest BCUT2D eigenvalue weighted by atomic mass is 16.2. The quantitative estimate of drug-likeness (QED) is 0.372. The lowest BCUT2D eigenvalue weighted by atomic mass is 9.97. The van der Waals surface area contributed by atoms with E-state index in [1.807, 2.05) is 85.7 Å². The van der Waals surface area contributed by atoms with Gasteiger partial charge < -0.3 is 26.2 Å². The van der Waals surface area contributed by atoms with Crippen LogP contribution in [0.2, 0.25) is 0 Å². The number of benzene rings is 1. The van der Waals surface area contributed by atoms with Gasteiger partial charge in [-0.1, -0.05) is 85.7 Å². The zero-order chi connectivity index (χ0) is 31.7. The second kappa shape index (κ2) is 15.7. The van der Waals surface area contributed by atoms with Gasteiger partial charge in [-0.25, -0.2) is 0 Å². The first kappa shape index (κ1) is 34.8. The molecule has 1 aromatic carbocycles. The molecule has 0 unspecified atom stereocenters. The van der Waals surface area contributed by atoms with E-state index in [0.29, 0.717) is 12.8 Å². The number of nitrogens with zero attached hydrogens (tertiary/aromatic N) is 1. The molecule has 0 radical (unpaired) electrons. The summed E-state index contributed by atoms with van der Waals surface area (Å²) in [5.74, 6) is -2.82. The average molecular weight is 586 g/mol. The average Bonchev–Trinajstić information content (AvgIpc) is 2.90. The van der Waals surface area contributed by atoms with E-state index in [-0.39, 0.29) is 30.1 Å². The molecule has 1 aromatic rings. The maximum Gasteiger partial charge on any atom is 0.245 e. The molecule has 1 saturated heterocycles. The fourth-order valence-corrected chi connectivity index (χ4v) is 5.11. The van der Waals surface area contributed by atoms with Crippen molar-refractivity contribution in [3.63, 3.8) is 0 Å². The third kappa shape index (κ3) is 9.84. The number of carbonyl (C=O) groups is 5. The number of hydrogen-bond donors (Lipinski definition) is 4. The molecule has 2 rings (SSSR count). The van der Waals surface area contributed by atoms with Crippen LogP contribution in [0.3, 0.4) is 0 Å². The van der Waals surface area contributed by atoms with E-state index < -0.39 is 59.7 Å². The highest BCUT2D eigenvalue weighted by Gasteiger charge is 2.38. The van der Waals surface area contributed by atoms with Gasteiger partial charge in [0.1, 0.15) is 30.2 Å². The van der Waals surface area contributed by atoms with Gasteiger partial charge in [0.25, 0.3) is 0 Å². The Labute approximate surface area is 251 Å². The molecule has 42 heavy (non-hydrogen) atoms. The van der Waals surface area contributed by atoms with Gasteiger partial charge in [-0.15, -0.1) is 0 Å². The van der Waals surface area contributed by atoms with Gasteiger partial charge in [-0.05, 0) is 42.1 Å². The Hall–Kier alpha value is -3.43. The Morgan fingerprint density at radius 2 is 1.12 bits per heavy atom.